The molecule has 1 heterocycles. The molecular formula is C30H33N5O5S. The van der Waals surface area contributed by atoms with Crippen LogP contribution in [0.15, 0.2) is 65.8 Å². The summed E-state index contributed by atoms with van der Waals surface area (Å²) in [6.45, 7) is 4.24. The lowest BCUT2D eigenvalue weighted by Crippen LogP contribution is -2.25. The highest BCUT2D eigenvalue weighted by Crippen LogP contribution is 2.30. The zero-order chi connectivity index (χ0) is 29.4. The van der Waals surface area contributed by atoms with Crippen LogP contribution in [0.5, 0.6) is 17.2 Å². The maximum absolute atomic E-state index is 12.9. The molecule has 0 fully saturated rings. The SMILES string of the molecule is CCc1cccc(C)c1-n1c(CNC(=O)c2ccc(OC)cc2)nnc1SCC(=O)Nc1ccc(OC)cc1OC. The standard InChI is InChI=1S/C30H33N5O5S/c1-6-20-9-7-8-19(2)28(20)35-26(17-31-29(37)21-10-12-22(38-3)13-11-21)33-34-30(35)41-18-27(36)32-24-15-14-23(39-4)16-25(24)40-5/h7-16H,6,17-18H2,1-5H3,(H,31,37)(H,32,36). The van der Waals surface area contributed by atoms with E-state index in [1.807, 2.05) is 23.6 Å². The van der Waals surface area contributed by atoms with Crippen LogP contribution in [0.1, 0.15) is 34.2 Å². The second-order valence-corrected chi connectivity index (χ2v) is 9.93. The van der Waals surface area contributed by atoms with Crippen molar-refractivity contribution in [2.45, 2.75) is 32.0 Å². The fourth-order valence-electron chi connectivity index (χ4n) is 4.28. The van der Waals surface area contributed by atoms with Crippen molar-refractivity contribution in [3.05, 3.63) is 83.2 Å². The monoisotopic (exact) mass is 575 g/mol. The van der Waals surface area contributed by atoms with Crippen molar-refractivity contribution in [2.75, 3.05) is 32.4 Å². The lowest BCUT2D eigenvalue weighted by molar-refractivity contribution is -0.113. The minimum absolute atomic E-state index is 0.0822. The van der Waals surface area contributed by atoms with Crippen molar-refractivity contribution in [1.82, 2.24) is 20.1 Å². The Bertz CT molecular complexity index is 1520. The molecule has 0 atom stereocenters. The second-order valence-electron chi connectivity index (χ2n) is 8.98. The van der Waals surface area contributed by atoms with Crippen LogP contribution in [-0.2, 0) is 17.8 Å². The van der Waals surface area contributed by atoms with Crippen LogP contribution < -0.4 is 24.8 Å². The van der Waals surface area contributed by atoms with Gasteiger partial charge in [0.25, 0.3) is 5.91 Å². The molecule has 10 nitrogen and oxygen atoms in total. The van der Waals surface area contributed by atoms with E-state index < -0.39 is 0 Å². The predicted octanol–water partition coefficient (Wildman–Crippen LogP) is 4.82. The largest absolute Gasteiger partial charge is 0.497 e. The van der Waals surface area contributed by atoms with Gasteiger partial charge in [0.2, 0.25) is 5.91 Å². The van der Waals surface area contributed by atoms with Crippen LogP contribution in [0.3, 0.4) is 0 Å². The Labute approximate surface area is 243 Å². The molecule has 41 heavy (non-hydrogen) atoms. The molecule has 2 amide bonds. The zero-order valence-corrected chi connectivity index (χ0v) is 24.5. The Morgan fingerprint density at radius 2 is 1.66 bits per heavy atom. The highest BCUT2D eigenvalue weighted by Gasteiger charge is 2.20. The van der Waals surface area contributed by atoms with Crippen molar-refractivity contribution in [3.8, 4) is 22.9 Å². The van der Waals surface area contributed by atoms with E-state index in [1.54, 1.807) is 56.7 Å². The van der Waals surface area contributed by atoms with Gasteiger partial charge in [-0.1, -0.05) is 36.9 Å². The first kappa shape index (κ1) is 29.5. The van der Waals surface area contributed by atoms with Gasteiger partial charge in [-0.15, -0.1) is 10.2 Å². The third kappa shape index (κ3) is 6.98. The Balaban J connectivity index is 1.56. The molecule has 0 bridgehead atoms. The third-order valence-corrected chi connectivity index (χ3v) is 7.33. The molecular weight excluding hydrogens is 542 g/mol. The van der Waals surface area contributed by atoms with E-state index in [4.69, 9.17) is 14.2 Å². The number of carbonyl (C=O) groups excluding carboxylic acids is 2. The topological polar surface area (TPSA) is 117 Å². The Kier molecular flexibility index (Phi) is 9.86. The smallest absolute Gasteiger partial charge is 0.251 e. The van der Waals surface area contributed by atoms with Gasteiger partial charge in [-0.3, -0.25) is 14.2 Å². The predicted molar refractivity (Wildman–Crippen MR) is 159 cm³/mol. The lowest BCUT2D eigenvalue weighted by atomic mass is 10.1. The average Bonchev–Trinajstić information content (AvgIpc) is 3.40. The number of benzene rings is 3. The summed E-state index contributed by atoms with van der Waals surface area (Å²) >= 11 is 1.26. The molecule has 0 saturated carbocycles. The first-order valence-corrected chi connectivity index (χ1v) is 14.0. The van der Waals surface area contributed by atoms with Crippen molar-refractivity contribution in [3.63, 3.8) is 0 Å². The quantitative estimate of drug-likeness (QED) is 0.231. The maximum atomic E-state index is 12.9. The number of amides is 2. The van der Waals surface area contributed by atoms with Crippen LogP contribution in [0.2, 0.25) is 0 Å². The minimum atomic E-state index is -0.246. The number of hydrogen-bond donors (Lipinski definition) is 2. The number of hydrogen-bond acceptors (Lipinski definition) is 8. The number of thioether (sulfide) groups is 1. The van der Waals surface area contributed by atoms with E-state index in [9.17, 15) is 9.59 Å². The molecule has 214 valence electrons. The molecule has 0 unspecified atom stereocenters. The third-order valence-electron chi connectivity index (χ3n) is 6.40. The normalized spacial score (nSPS) is 10.7. The average molecular weight is 576 g/mol. The summed E-state index contributed by atoms with van der Waals surface area (Å²) in [5.41, 5.74) is 4.10. The van der Waals surface area contributed by atoms with E-state index in [2.05, 4.69) is 33.8 Å². The van der Waals surface area contributed by atoms with Gasteiger partial charge in [-0.05, 0) is 60.9 Å². The number of para-hydroxylation sites is 1. The van der Waals surface area contributed by atoms with Crippen molar-refractivity contribution >= 4 is 29.3 Å². The Morgan fingerprint density at radius 3 is 2.34 bits per heavy atom. The molecule has 3 aromatic carbocycles. The fourth-order valence-corrected chi connectivity index (χ4v) is 5.04. The molecule has 11 heteroatoms. The van der Waals surface area contributed by atoms with Gasteiger partial charge >= 0.3 is 0 Å². The number of ether oxygens (including phenoxy) is 3. The minimum Gasteiger partial charge on any atom is -0.497 e. The van der Waals surface area contributed by atoms with Gasteiger partial charge in [0, 0.05) is 11.6 Å². The summed E-state index contributed by atoms with van der Waals surface area (Å²) < 4.78 is 17.7. The molecule has 0 spiro atoms. The number of aromatic nitrogens is 3. The number of anilines is 1. The van der Waals surface area contributed by atoms with Gasteiger partial charge < -0.3 is 24.8 Å². The number of rotatable bonds is 12. The highest BCUT2D eigenvalue weighted by molar-refractivity contribution is 7.99. The fraction of sp³-hybridized carbons (Fsp3) is 0.267. The number of nitrogens with zero attached hydrogens (tertiary/aromatic N) is 3. The zero-order valence-electron chi connectivity index (χ0n) is 23.7. The highest BCUT2D eigenvalue weighted by atomic mass is 32.2. The summed E-state index contributed by atoms with van der Waals surface area (Å²) in [4.78, 5) is 25.8. The first-order chi connectivity index (χ1) is 19.9. The molecule has 0 radical (unpaired) electrons. The van der Waals surface area contributed by atoms with Gasteiger partial charge in [0.15, 0.2) is 11.0 Å². The van der Waals surface area contributed by atoms with Gasteiger partial charge in [0.05, 0.1) is 45.0 Å². The number of methoxy groups -OCH3 is 3. The van der Waals surface area contributed by atoms with Crippen molar-refractivity contribution in [2.24, 2.45) is 0 Å². The van der Waals surface area contributed by atoms with E-state index in [0.29, 0.717) is 39.5 Å². The molecule has 4 rings (SSSR count). The van der Waals surface area contributed by atoms with Crippen LogP contribution in [-0.4, -0.2) is 53.7 Å². The van der Waals surface area contributed by atoms with Crippen molar-refractivity contribution < 1.29 is 23.8 Å². The summed E-state index contributed by atoms with van der Waals surface area (Å²) in [5, 5.41) is 15.2. The summed E-state index contributed by atoms with van der Waals surface area (Å²) in [6, 6.07) is 18.1. The number of aryl methyl sites for hydroxylation is 2. The van der Waals surface area contributed by atoms with Crippen LogP contribution in [0, 0.1) is 6.92 Å². The molecule has 0 aliphatic heterocycles. The molecule has 1 aromatic heterocycles. The molecule has 0 aliphatic carbocycles. The summed E-state index contributed by atoms with van der Waals surface area (Å²) in [7, 11) is 4.67. The molecule has 0 saturated heterocycles. The van der Waals surface area contributed by atoms with E-state index in [-0.39, 0.29) is 24.1 Å². The van der Waals surface area contributed by atoms with Gasteiger partial charge in [0.1, 0.15) is 17.2 Å². The molecule has 2 N–H and O–H groups in total. The number of nitrogens with one attached hydrogen (secondary N) is 2. The van der Waals surface area contributed by atoms with E-state index in [0.717, 1.165) is 23.2 Å². The summed E-state index contributed by atoms with van der Waals surface area (Å²) in [5.74, 6) is 1.94. The van der Waals surface area contributed by atoms with Crippen LogP contribution >= 0.6 is 11.8 Å². The summed E-state index contributed by atoms with van der Waals surface area (Å²) in [6.07, 6.45) is 0.786. The lowest BCUT2D eigenvalue weighted by Gasteiger charge is -2.17. The van der Waals surface area contributed by atoms with Crippen molar-refractivity contribution in [1.29, 1.82) is 0 Å². The first-order valence-electron chi connectivity index (χ1n) is 13.0. The Hall–Kier alpha value is -4.51. The maximum Gasteiger partial charge on any atom is 0.251 e. The van der Waals surface area contributed by atoms with E-state index in [1.165, 1.54) is 18.9 Å². The molecule has 0 aliphatic rings. The molecule has 4 aromatic rings. The number of carbonyl (C=O) groups is 2. The van der Waals surface area contributed by atoms with Gasteiger partial charge in [-0.2, -0.15) is 0 Å². The Morgan fingerprint density at radius 1 is 0.927 bits per heavy atom. The second kappa shape index (κ2) is 13.7. The van der Waals surface area contributed by atoms with Crippen LogP contribution in [0.4, 0.5) is 5.69 Å². The van der Waals surface area contributed by atoms with Crippen LogP contribution in [0.25, 0.3) is 5.69 Å². The van der Waals surface area contributed by atoms with Gasteiger partial charge in [-0.25, -0.2) is 0 Å². The van der Waals surface area contributed by atoms with E-state index >= 15 is 0 Å².